The van der Waals surface area contributed by atoms with Crippen LogP contribution >= 0.6 is 11.3 Å². The van der Waals surface area contributed by atoms with Crippen molar-refractivity contribution in [3.63, 3.8) is 0 Å². The Morgan fingerprint density at radius 3 is 2.10 bits per heavy atom. The van der Waals surface area contributed by atoms with Gasteiger partial charge in [-0.2, -0.15) is 0 Å². The van der Waals surface area contributed by atoms with Crippen molar-refractivity contribution in [2.45, 2.75) is 19.3 Å². The highest BCUT2D eigenvalue weighted by molar-refractivity contribution is 7.14. The fourth-order valence-electron chi connectivity index (χ4n) is 3.98. The number of urea groups is 1. The fourth-order valence-corrected chi connectivity index (χ4v) is 4.59. The highest BCUT2D eigenvalue weighted by atomic mass is 32.1. The van der Waals surface area contributed by atoms with E-state index in [1.54, 1.807) is 12.1 Å². The van der Waals surface area contributed by atoms with Gasteiger partial charge in [0, 0.05) is 17.2 Å². The maximum atomic E-state index is 12.8. The summed E-state index contributed by atoms with van der Waals surface area (Å²) in [5.41, 5.74) is 3.11. The van der Waals surface area contributed by atoms with Gasteiger partial charge >= 0.3 is 12.0 Å². The molecule has 2 atom stereocenters. The number of amides is 2. The Bertz CT molecular complexity index is 1080. The molecule has 31 heavy (non-hydrogen) atoms. The second kappa shape index (κ2) is 9.14. The van der Waals surface area contributed by atoms with E-state index in [9.17, 15) is 19.5 Å². The van der Waals surface area contributed by atoms with Gasteiger partial charge in [0.1, 0.15) is 0 Å². The van der Waals surface area contributed by atoms with Gasteiger partial charge in [0.2, 0.25) is 0 Å². The molecule has 1 fully saturated rings. The number of anilines is 2. The number of ketones is 1. The molecule has 1 aliphatic carbocycles. The molecule has 4 rings (SSSR count). The molecule has 2 amide bonds. The van der Waals surface area contributed by atoms with Gasteiger partial charge in [-0.1, -0.05) is 42.8 Å². The number of carbonyl (C=O) groups is 3. The number of carboxylic acid groups (broad SMARTS) is 1. The quantitative estimate of drug-likeness (QED) is 0.431. The number of hydrogen-bond donors (Lipinski definition) is 3. The van der Waals surface area contributed by atoms with Crippen LogP contribution in [-0.4, -0.2) is 22.9 Å². The first-order valence-electron chi connectivity index (χ1n) is 10.1. The smallest absolute Gasteiger partial charge is 0.324 e. The van der Waals surface area contributed by atoms with E-state index < -0.39 is 17.8 Å². The van der Waals surface area contributed by atoms with Crippen molar-refractivity contribution >= 4 is 39.8 Å². The van der Waals surface area contributed by atoms with Gasteiger partial charge in [-0.15, -0.1) is 11.3 Å². The van der Waals surface area contributed by atoms with Crippen molar-refractivity contribution in [1.29, 1.82) is 0 Å². The summed E-state index contributed by atoms with van der Waals surface area (Å²) < 4.78 is 0. The summed E-state index contributed by atoms with van der Waals surface area (Å²) in [5.74, 6) is -1.99. The fraction of sp³-hybridized carbons (Fsp3) is 0.208. The Labute approximate surface area is 183 Å². The molecule has 158 valence electrons. The van der Waals surface area contributed by atoms with Crippen LogP contribution in [0, 0.1) is 11.8 Å². The van der Waals surface area contributed by atoms with E-state index in [1.165, 1.54) is 11.3 Å². The van der Waals surface area contributed by atoms with Crippen LogP contribution in [0.4, 0.5) is 15.5 Å². The number of aliphatic carboxylic acids is 1. The van der Waals surface area contributed by atoms with E-state index in [-0.39, 0.29) is 11.8 Å². The SMILES string of the molecule is O=C(Nc1ccc(-c2ccc(C(=O)[C@@H]3CCC[C@H]3C(=O)O)cc2)cc1)Nc1cccs1. The molecule has 1 aliphatic rings. The Balaban J connectivity index is 1.40. The van der Waals surface area contributed by atoms with E-state index in [1.807, 2.05) is 53.9 Å². The molecule has 3 N–H and O–H groups in total. The first-order valence-corrected chi connectivity index (χ1v) is 11.0. The van der Waals surface area contributed by atoms with Crippen molar-refractivity contribution in [3.8, 4) is 11.1 Å². The molecule has 1 aromatic heterocycles. The van der Waals surface area contributed by atoms with Crippen LogP contribution in [0.15, 0.2) is 66.0 Å². The maximum Gasteiger partial charge on any atom is 0.324 e. The molecule has 1 heterocycles. The third kappa shape index (κ3) is 4.83. The molecule has 3 aromatic rings. The first kappa shape index (κ1) is 20.8. The molecular formula is C24H22N2O4S. The second-order valence-electron chi connectivity index (χ2n) is 7.56. The first-order chi connectivity index (χ1) is 15.0. The van der Waals surface area contributed by atoms with Crippen LogP contribution in [0.3, 0.4) is 0 Å². The minimum atomic E-state index is -0.884. The zero-order chi connectivity index (χ0) is 21.8. The number of rotatable bonds is 6. The van der Waals surface area contributed by atoms with Crippen LogP contribution in [0.25, 0.3) is 11.1 Å². The minimum absolute atomic E-state index is 0.0900. The lowest BCUT2D eigenvalue weighted by atomic mass is 9.88. The molecule has 0 bridgehead atoms. The monoisotopic (exact) mass is 434 g/mol. The summed E-state index contributed by atoms with van der Waals surface area (Å²) in [7, 11) is 0. The zero-order valence-electron chi connectivity index (χ0n) is 16.7. The average Bonchev–Trinajstić information content (AvgIpc) is 3.46. The molecular weight excluding hydrogens is 412 g/mol. The number of Topliss-reactive ketones (excluding diaryl/α,β-unsaturated/α-hetero) is 1. The van der Waals surface area contributed by atoms with Crippen molar-refractivity contribution in [1.82, 2.24) is 0 Å². The average molecular weight is 435 g/mol. The molecule has 0 spiro atoms. The number of benzene rings is 2. The van der Waals surface area contributed by atoms with Crippen LogP contribution in [-0.2, 0) is 4.79 Å². The van der Waals surface area contributed by atoms with E-state index in [2.05, 4.69) is 10.6 Å². The topological polar surface area (TPSA) is 95.5 Å². The van der Waals surface area contributed by atoms with Gasteiger partial charge < -0.3 is 10.4 Å². The van der Waals surface area contributed by atoms with Crippen molar-refractivity contribution in [2.75, 3.05) is 10.6 Å². The Kier molecular flexibility index (Phi) is 6.13. The van der Waals surface area contributed by atoms with Gasteiger partial charge in [0.25, 0.3) is 0 Å². The lowest BCUT2D eigenvalue weighted by Crippen LogP contribution is -2.25. The summed E-state index contributed by atoms with van der Waals surface area (Å²) in [5, 5.41) is 17.6. The van der Waals surface area contributed by atoms with Crippen LogP contribution in [0.2, 0.25) is 0 Å². The highest BCUT2D eigenvalue weighted by Gasteiger charge is 2.37. The van der Waals surface area contributed by atoms with Crippen LogP contribution in [0.1, 0.15) is 29.6 Å². The van der Waals surface area contributed by atoms with E-state index >= 15 is 0 Å². The molecule has 0 aliphatic heterocycles. The van der Waals surface area contributed by atoms with Gasteiger partial charge in [0.15, 0.2) is 5.78 Å². The molecule has 0 saturated heterocycles. The van der Waals surface area contributed by atoms with Gasteiger partial charge in [-0.25, -0.2) is 4.79 Å². The summed E-state index contributed by atoms with van der Waals surface area (Å²) in [6.45, 7) is 0. The summed E-state index contributed by atoms with van der Waals surface area (Å²) in [6.07, 6.45) is 1.97. The minimum Gasteiger partial charge on any atom is -0.481 e. The Hall–Kier alpha value is -3.45. The standard InChI is InChI=1S/C24H22N2O4S/c27-22(19-3-1-4-20(19)23(28)29)17-8-6-15(7-9-17)16-10-12-18(13-11-16)25-24(30)26-21-5-2-14-31-21/h2,5-14,19-20H,1,3-4H2,(H,28,29)(H2,25,26,30)/t19-,20-/m1/s1. The highest BCUT2D eigenvalue weighted by Crippen LogP contribution is 2.35. The van der Waals surface area contributed by atoms with E-state index in [0.717, 1.165) is 22.5 Å². The second-order valence-corrected chi connectivity index (χ2v) is 8.51. The van der Waals surface area contributed by atoms with Crippen LogP contribution < -0.4 is 10.6 Å². The van der Waals surface area contributed by atoms with Gasteiger partial charge in [-0.3, -0.25) is 14.9 Å². The number of carboxylic acids is 1. The van der Waals surface area contributed by atoms with Crippen molar-refractivity contribution in [2.24, 2.45) is 11.8 Å². The summed E-state index contributed by atoms with van der Waals surface area (Å²) >= 11 is 1.45. The third-order valence-electron chi connectivity index (χ3n) is 5.57. The third-order valence-corrected chi connectivity index (χ3v) is 6.36. The van der Waals surface area contributed by atoms with E-state index in [4.69, 9.17) is 0 Å². The number of thiophene rings is 1. The molecule has 0 unspecified atom stereocenters. The Morgan fingerprint density at radius 1 is 0.839 bits per heavy atom. The maximum absolute atomic E-state index is 12.8. The number of hydrogen-bond acceptors (Lipinski definition) is 4. The van der Waals surface area contributed by atoms with E-state index in [0.29, 0.717) is 24.1 Å². The van der Waals surface area contributed by atoms with Crippen LogP contribution in [0.5, 0.6) is 0 Å². The lowest BCUT2D eigenvalue weighted by molar-refractivity contribution is -0.142. The molecule has 2 aromatic carbocycles. The normalized spacial score (nSPS) is 17.8. The number of nitrogens with one attached hydrogen (secondary N) is 2. The molecule has 1 saturated carbocycles. The summed E-state index contributed by atoms with van der Waals surface area (Å²) in [6, 6.07) is 18.1. The predicted octanol–water partition coefficient (Wildman–Crippen LogP) is 5.74. The van der Waals surface area contributed by atoms with Gasteiger partial charge in [0.05, 0.1) is 10.9 Å². The largest absolute Gasteiger partial charge is 0.481 e. The molecule has 6 nitrogen and oxygen atoms in total. The lowest BCUT2D eigenvalue weighted by Gasteiger charge is -2.14. The molecule has 0 radical (unpaired) electrons. The molecule has 7 heteroatoms. The zero-order valence-corrected chi connectivity index (χ0v) is 17.5. The summed E-state index contributed by atoms with van der Waals surface area (Å²) in [4.78, 5) is 36.2. The number of carbonyl (C=O) groups excluding carboxylic acids is 2. The van der Waals surface area contributed by atoms with Crippen molar-refractivity contribution < 1.29 is 19.5 Å². The Morgan fingerprint density at radius 2 is 1.48 bits per heavy atom. The predicted molar refractivity (Wildman–Crippen MR) is 122 cm³/mol. The van der Waals surface area contributed by atoms with Gasteiger partial charge in [-0.05, 0) is 53.6 Å². The van der Waals surface area contributed by atoms with Crippen molar-refractivity contribution in [3.05, 3.63) is 71.6 Å².